The molecule has 1 rings (SSSR count). The van der Waals surface area contributed by atoms with Gasteiger partial charge >= 0.3 is 0 Å². The van der Waals surface area contributed by atoms with Gasteiger partial charge in [-0.25, -0.2) is 0 Å². The first-order valence-corrected chi connectivity index (χ1v) is 4.32. The summed E-state index contributed by atoms with van der Waals surface area (Å²) in [5, 5.41) is 0. The lowest BCUT2D eigenvalue weighted by Gasteiger charge is -2.04. The highest BCUT2D eigenvalue weighted by molar-refractivity contribution is 5.60. The van der Waals surface area contributed by atoms with E-state index in [1.807, 2.05) is 18.4 Å². The van der Waals surface area contributed by atoms with Crippen molar-refractivity contribution < 1.29 is 0 Å². The van der Waals surface area contributed by atoms with Gasteiger partial charge in [-0.2, -0.15) is 0 Å². The van der Waals surface area contributed by atoms with Crippen LogP contribution in [0.5, 0.6) is 0 Å². The van der Waals surface area contributed by atoms with E-state index in [1.165, 1.54) is 12.0 Å². The van der Waals surface area contributed by atoms with Gasteiger partial charge in [0.25, 0.3) is 0 Å². The molecule has 0 spiro atoms. The van der Waals surface area contributed by atoms with Crippen molar-refractivity contribution in [2.24, 2.45) is 4.99 Å². The minimum atomic E-state index is 0.430. The van der Waals surface area contributed by atoms with Crippen LogP contribution in [0.2, 0.25) is 0 Å². The van der Waals surface area contributed by atoms with Crippen LogP contribution in [0.4, 0.5) is 0 Å². The Balaban J connectivity index is 2.50. The van der Waals surface area contributed by atoms with Crippen LogP contribution in [0.15, 0.2) is 41.4 Å². The predicted octanol–water partition coefficient (Wildman–Crippen LogP) is 2.91. The van der Waals surface area contributed by atoms with Crippen LogP contribution in [0.1, 0.15) is 19.8 Å². The number of rotatable bonds is 3. The molecular weight excluding hydrogens is 146 g/mol. The van der Waals surface area contributed by atoms with E-state index in [0.717, 1.165) is 6.42 Å². The summed E-state index contributed by atoms with van der Waals surface area (Å²) in [7, 11) is 0. The molecule has 1 unspecified atom stereocenters. The molecule has 64 valence electrons. The molecule has 1 aliphatic heterocycles. The third kappa shape index (κ3) is 2.50. The Labute approximate surface area is 74.2 Å². The Morgan fingerprint density at radius 2 is 2.42 bits per heavy atom. The van der Waals surface area contributed by atoms with Gasteiger partial charge in [0.15, 0.2) is 0 Å². The second-order valence-corrected chi connectivity index (χ2v) is 2.96. The predicted molar refractivity (Wildman–Crippen MR) is 54.6 cm³/mol. The van der Waals surface area contributed by atoms with Crippen LogP contribution in [0.3, 0.4) is 0 Å². The SMILES string of the molecule is C=C/C=C\C=C(/C)C1CCC=N1. The van der Waals surface area contributed by atoms with Crippen molar-refractivity contribution in [1.29, 1.82) is 0 Å². The van der Waals surface area contributed by atoms with E-state index in [2.05, 4.69) is 24.6 Å². The summed E-state index contributed by atoms with van der Waals surface area (Å²) in [6.45, 7) is 5.74. The number of hydrogen-bond acceptors (Lipinski definition) is 1. The molecule has 0 aliphatic carbocycles. The lowest BCUT2D eigenvalue weighted by molar-refractivity contribution is 0.763. The van der Waals surface area contributed by atoms with Crippen LogP contribution >= 0.6 is 0 Å². The molecule has 12 heavy (non-hydrogen) atoms. The van der Waals surface area contributed by atoms with E-state index >= 15 is 0 Å². The smallest absolute Gasteiger partial charge is 0.0709 e. The van der Waals surface area contributed by atoms with Crippen LogP contribution in [-0.4, -0.2) is 12.3 Å². The third-order valence-corrected chi connectivity index (χ3v) is 1.99. The monoisotopic (exact) mass is 161 g/mol. The highest BCUT2D eigenvalue weighted by Crippen LogP contribution is 2.16. The third-order valence-electron chi connectivity index (χ3n) is 1.99. The van der Waals surface area contributed by atoms with Crippen molar-refractivity contribution >= 4 is 6.21 Å². The molecule has 0 saturated heterocycles. The van der Waals surface area contributed by atoms with E-state index in [-0.39, 0.29) is 0 Å². The standard InChI is InChI=1S/C11H15N/c1-3-4-5-7-10(2)11-8-6-9-12-11/h3-5,7,9,11H,1,6,8H2,2H3/b5-4-,10-7+. The van der Waals surface area contributed by atoms with Gasteiger partial charge < -0.3 is 0 Å². The minimum Gasteiger partial charge on any atom is -0.290 e. The number of aliphatic imine (C=N–C) groups is 1. The summed E-state index contributed by atoms with van der Waals surface area (Å²) in [5.41, 5.74) is 1.34. The maximum atomic E-state index is 4.36. The Morgan fingerprint density at radius 3 is 3.00 bits per heavy atom. The first kappa shape index (κ1) is 8.98. The molecule has 0 radical (unpaired) electrons. The summed E-state index contributed by atoms with van der Waals surface area (Å²) < 4.78 is 0. The normalized spacial score (nSPS) is 23.8. The first-order chi connectivity index (χ1) is 5.84. The molecule has 1 heteroatoms. The van der Waals surface area contributed by atoms with E-state index in [1.54, 1.807) is 6.08 Å². The highest BCUT2D eigenvalue weighted by atomic mass is 14.8. The molecule has 1 heterocycles. The number of hydrogen-bond donors (Lipinski definition) is 0. The molecule has 0 amide bonds. The fourth-order valence-corrected chi connectivity index (χ4v) is 1.25. The van der Waals surface area contributed by atoms with Gasteiger partial charge in [-0.15, -0.1) is 0 Å². The highest BCUT2D eigenvalue weighted by Gasteiger charge is 2.10. The molecule has 0 saturated carbocycles. The number of nitrogens with zero attached hydrogens (tertiary/aromatic N) is 1. The van der Waals surface area contributed by atoms with E-state index < -0.39 is 0 Å². The Kier molecular flexibility index (Phi) is 3.52. The largest absolute Gasteiger partial charge is 0.290 e. The Morgan fingerprint density at radius 1 is 1.58 bits per heavy atom. The maximum absolute atomic E-state index is 4.36. The van der Waals surface area contributed by atoms with Gasteiger partial charge in [0.2, 0.25) is 0 Å². The Hall–Kier alpha value is -1.11. The van der Waals surface area contributed by atoms with Crippen molar-refractivity contribution in [2.75, 3.05) is 0 Å². The molecule has 0 aromatic heterocycles. The van der Waals surface area contributed by atoms with Crippen molar-refractivity contribution in [1.82, 2.24) is 0 Å². The van der Waals surface area contributed by atoms with Gasteiger partial charge in [0, 0.05) is 0 Å². The summed E-state index contributed by atoms with van der Waals surface area (Å²) in [4.78, 5) is 4.36. The fraction of sp³-hybridized carbons (Fsp3) is 0.364. The zero-order valence-corrected chi connectivity index (χ0v) is 7.53. The molecule has 0 fully saturated rings. The van der Waals surface area contributed by atoms with E-state index in [4.69, 9.17) is 0 Å². The van der Waals surface area contributed by atoms with Gasteiger partial charge in [-0.3, -0.25) is 4.99 Å². The van der Waals surface area contributed by atoms with E-state index in [9.17, 15) is 0 Å². The van der Waals surface area contributed by atoms with E-state index in [0.29, 0.717) is 6.04 Å². The molecule has 0 aromatic rings. The van der Waals surface area contributed by atoms with Gasteiger partial charge in [-0.1, -0.05) is 30.9 Å². The van der Waals surface area contributed by atoms with Crippen LogP contribution < -0.4 is 0 Å². The van der Waals surface area contributed by atoms with Crippen molar-refractivity contribution in [3.63, 3.8) is 0 Å². The quantitative estimate of drug-likeness (QED) is 0.564. The molecule has 1 atom stereocenters. The fourth-order valence-electron chi connectivity index (χ4n) is 1.25. The van der Waals surface area contributed by atoms with Crippen LogP contribution in [0, 0.1) is 0 Å². The van der Waals surface area contributed by atoms with Crippen molar-refractivity contribution in [2.45, 2.75) is 25.8 Å². The summed E-state index contributed by atoms with van der Waals surface area (Å²) >= 11 is 0. The number of allylic oxidation sites excluding steroid dienone is 4. The summed E-state index contributed by atoms with van der Waals surface area (Å²) in [6.07, 6.45) is 12.1. The second kappa shape index (κ2) is 4.70. The van der Waals surface area contributed by atoms with Crippen molar-refractivity contribution in [3.05, 3.63) is 36.5 Å². The maximum Gasteiger partial charge on any atom is 0.0709 e. The molecule has 0 N–H and O–H groups in total. The van der Waals surface area contributed by atoms with Gasteiger partial charge in [0.1, 0.15) is 0 Å². The van der Waals surface area contributed by atoms with Crippen molar-refractivity contribution in [3.8, 4) is 0 Å². The van der Waals surface area contributed by atoms with Crippen LogP contribution in [-0.2, 0) is 0 Å². The lowest BCUT2D eigenvalue weighted by Crippen LogP contribution is -1.99. The van der Waals surface area contributed by atoms with Gasteiger partial charge in [0.05, 0.1) is 6.04 Å². The zero-order chi connectivity index (χ0) is 8.81. The molecular formula is C11H15N. The molecule has 0 aromatic carbocycles. The molecule has 1 aliphatic rings. The van der Waals surface area contributed by atoms with Gasteiger partial charge in [-0.05, 0) is 31.6 Å². The average molecular weight is 161 g/mol. The average Bonchev–Trinajstić information content (AvgIpc) is 2.56. The summed E-state index contributed by atoms with van der Waals surface area (Å²) in [6, 6.07) is 0.430. The Bertz CT molecular complexity index is 233. The first-order valence-electron chi connectivity index (χ1n) is 4.32. The topological polar surface area (TPSA) is 12.4 Å². The van der Waals surface area contributed by atoms with Crippen LogP contribution in [0.25, 0.3) is 0 Å². The minimum absolute atomic E-state index is 0.430. The zero-order valence-electron chi connectivity index (χ0n) is 7.53. The molecule has 0 bridgehead atoms. The lowest BCUT2D eigenvalue weighted by atomic mass is 10.1. The molecule has 1 nitrogen and oxygen atoms in total. The summed E-state index contributed by atoms with van der Waals surface area (Å²) in [5.74, 6) is 0. The second-order valence-electron chi connectivity index (χ2n) is 2.96.